The summed E-state index contributed by atoms with van der Waals surface area (Å²) in [6.45, 7) is 0. The first-order valence-corrected chi connectivity index (χ1v) is 4.82. The van der Waals surface area contributed by atoms with Gasteiger partial charge in [0, 0.05) is 0 Å². The van der Waals surface area contributed by atoms with Gasteiger partial charge in [-0.15, -0.1) is 11.6 Å². The topological polar surface area (TPSA) is 42.0 Å². The van der Waals surface area contributed by atoms with E-state index in [9.17, 15) is 13.6 Å². The molecule has 0 unspecified atom stereocenters. The van der Waals surface area contributed by atoms with E-state index in [0.717, 1.165) is 0 Å². The van der Waals surface area contributed by atoms with Crippen molar-refractivity contribution < 1.29 is 13.6 Å². The molecule has 0 radical (unpaired) electrons. The quantitative estimate of drug-likeness (QED) is 0.666. The van der Waals surface area contributed by atoms with E-state index >= 15 is 0 Å². The summed E-state index contributed by atoms with van der Waals surface area (Å²) in [5.74, 6) is -3.60. The summed E-state index contributed by atoms with van der Waals surface area (Å²) in [5.41, 5.74) is -0.381. The van der Waals surface area contributed by atoms with Gasteiger partial charge in [0.1, 0.15) is 15.9 Å². The highest BCUT2D eigenvalue weighted by Crippen LogP contribution is 2.32. The van der Waals surface area contributed by atoms with Crippen LogP contribution in [-0.4, -0.2) is 16.8 Å². The number of aromatic nitrogens is 1. The lowest BCUT2D eigenvalue weighted by molar-refractivity contribution is -0.113. The molecular weight excluding hydrogens is 272 g/mol. The molecule has 1 rings (SSSR count). The van der Waals surface area contributed by atoms with Crippen molar-refractivity contribution in [1.29, 1.82) is 0 Å². The maximum Gasteiger partial charge on any atom is 0.239 e. The molecule has 0 aliphatic carbocycles. The molecule has 1 amide bonds. The summed E-state index contributed by atoms with van der Waals surface area (Å²) >= 11 is 16.0. The molecule has 0 bridgehead atoms. The Labute approximate surface area is 98.3 Å². The van der Waals surface area contributed by atoms with Crippen LogP contribution in [0.4, 0.5) is 14.5 Å². The molecule has 0 atom stereocenters. The number of amides is 1. The van der Waals surface area contributed by atoms with Crippen molar-refractivity contribution in [2.75, 3.05) is 11.2 Å². The lowest BCUT2D eigenvalue weighted by Crippen LogP contribution is -2.14. The second-order valence-corrected chi connectivity index (χ2v) is 3.40. The van der Waals surface area contributed by atoms with E-state index in [1.165, 1.54) is 0 Å². The Bertz CT molecular complexity index is 387. The summed E-state index contributed by atoms with van der Waals surface area (Å²) in [5, 5.41) is 0.916. The fourth-order valence-electron chi connectivity index (χ4n) is 0.770. The lowest BCUT2D eigenvalue weighted by atomic mass is 10.4. The van der Waals surface area contributed by atoms with E-state index in [4.69, 9.17) is 34.8 Å². The third kappa shape index (κ3) is 2.68. The average molecular weight is 275 g/mol. The van der Waals surface area contributed by atoms with Crippen LogP contribution >= 0.6 is 34.8 Å². The maximum atomic E-state index is 12.8. The van der Waals surface area contributed by atoms with Gasteiger partial charge in [-0.2, -0.15) is 13.8 Å². The molecule has 0 spiro atoms. The maximum absolute atomic E-state index is 12.8. The van der Waals surface area contributed by atoms with Crippen LogP contribution in [0.25, 0.3) is 0 Å². The molecule has 0 aliphatic rings. The van der Waals surface area contributed by atoms with E-state index < -0.39 is 33.7 Å². The van der Waals surface area contributed by atoms with Crippen LogP contribution in [0.2, 0.25) is 10.0 Å². The van der Waals surface area contributed by atoms with E-state index in [1.54, 1.807) is 0 Å². The van der Waals surface area contributed by atoms with Crippen LogP contribution in [0.5, 0.6) is 0 Å². The SMILES string of the molecule is O=C(CCl)Nc1c(Cl)c(F)nc(F)c1Cl. The predicted octanol–water partition coefficient (Wildman–Crippen LogP) is 2.84. The molecule has 3 nitrogen and oxygen atoms in total. The molecule has 1 aromatic rings. The number of carbonyl (C=O) groups is 1. The fourth-order valence-corrected chi connectivity index (χ4v) is 1.25. The Morgan fingerprint density at radius 2 is 1.73 bits per heavy atom. The minimum absolute atomic E-state index is 0.381. The van der Waals surface area contributed by atoms with E-state index in [2.05, 4.69) is 10.3 Å². The van der Waals surface area contributed by atoms with Crippen molar-refractivity contribution in [1.82, 2.24) is 4.98 Å². The lowest BCUT2D eigenvalue weighted by Gasteiger charge is -2.08. The normalized spacial score (nSPS) is 10.2. The molecule has 0 saturated heterocycles. The fraction of sp³-hybridized carbons (Fsp3) is 0.143. The van der Waals surface area contributed by atoms with Crippen molar-refractivity contribution in [3.8, 4) is 0 Å². The molecular formula is C7H3Cl3F2N2O. The smallest absolute Gasteiger partial charge is 0.239 e. The van der Waals surface area contributed by atoms with Gasteiger partial charge >= 0.3 is 0 Å². The second-order valence-electron chi connectivity index (χ2n) is 2.38. The highest BCUT2D eigenvalue weighted by atomic mass is 35.5. The minimum Gasteiger partial charge on any atom is -0.322 e. The highest BCUT2D eigenvalue weighted by molar-refractivity contribution is 6.40. The number of alkyl halides is 1. The average Bonchev–Trinajstić information content (AvgIpc) is 2.21. The zero-order chi connectivity index (χ0) is 11.6. The van der Waals surface area contributed by atoms with Crippen LogP contribution in [0, 0.1) is 11.9 Å². The predicted molar refractivity (Wildman–Crippen MR) is 53.5 cm³/mol. The molecule has 0 saturated carbocycles. The van der Waals surface area contributed by atoms with Crippen molar-refractivity contribution in [3.05, 3.63) is 21.9 Å². The minimum atomic E-state index is -1.26. The van der Waals surface area contributed by atoms with E-state index in [1.807, 2.05) is 0 Å². The number of anilines is 1. The summed E-state index contributed by atoms with van der Waals surface area (Å²) in [4.78, 5) is 13.7. The van der Waals surface area contributed by atoms with Crippen LogP contribution in [0.1, 0.15) is 0 Å². The second kappa shape index (κ2) is 4.92. The first kappa shape index (κ1) is 12.4. The molecule has 0 aliphatic heterocycles. The zero-order valence-electron chi connectivity index (χ0n) is 6.95. The Kier molecular flexibility index (Phi) is 4.07. The molecule has 1 heterocycles. The Morgan fingerprint density at radius 3 is 2.13 bits per heavy atom. The summed E-state index contributed by atoms with van der Waals surface area (Å²) in [6, 6.07) is 0. The number of halogens is 5. The first-order chi connectivity index (χ1) is 6.97. The van der Waals surface area contributed by atoms with E-state index in [0.29, 0.717) is 0 Å². The number of nitrogens with zero attached hydrogens (tertiary/aromatic N) is 1. The van der Waals surface area contributed by atoms with Gasteiger partial charge in [-0.05, 0) is 0 Å². The van der Waals surface area contributed by atoms with Gasteiger partial charge in [-0.3, -0.25) is 4.79 Å². The third-order valence-corrected chi connectivity index (χ3v) is 2.32. The molecule has 0 fully saturated rings. The highest BCUT2D eigenvalue weighted by Gasteiger charge is 2.18. The molecule has 1 aromatic heterocycles. The monoisotopic (exact) mass is 274 g/mol. The molecule has 1 N–H and O–H groups in total. The zero-order valence-corrected chi connectivity index (χ0v) is 9.22. The molecule has 8 heteroatoms. The summed E-state index contributed by atoms with van der Waals surface area (Å²) in [7, 11) is 0. The van der Waals surface area contributed by atoms with Crippen LogP contribution in [-0.2, 0) is 4.79 Å². The summed E-state index contributed by atoms with van der Waals surface area (Å²) < 4.78 is 25.7. The van der Waals surface area contributed by atoms with Gasteiger partial charge in [0.05, 0.1) is 5.69 Å². The number of carbonyl (C=O) groups excluding carboxylic acids is 1. The van der Waals surface area contributed by atoms with Gasteiger partial charge in [-0.25, -0.2) is 0 Å². The van der Waals surface area contributed by atoms with Crippen molar-refractivity contribution in [3.63, 3.8) is 0 Å². The number of pyridine rings is 1. The van der Waals surface area contributed by atoms with Crippen molar-refractivity contribution in [2.45, 2.75) is 0 Å². The van der Waals surface area contributed by atoms with Gasteiger partial charge in [-0.1, -0.05) is 23.2 Å². The Morgan fingerprint density at radius 1 is 1.27 bits per heavy atom. The summed E-state index contributed by atoms with van der Waals surface area (Å²) in [6.07, 6.45) is 0. The molecule has 15 heavy (non-hydrogen) atoms. The van der Waals surface area contributed by atoms with E-state index in [-0.39, 0.29) is 5.69 Å². The third-order valence-electron chi connectivity index (χ3n) is 1.38. The first-order valence-electron chi connectivity index (χ1n) is 3.53. The largest absolute Gasteiger partial charge is 0.322 e. The number of hydrogen-bond acceptors (Lipinski definition) is 2. The van der Waals surface area contributed by atoms with Crippen LogP contribution < -0.4 is 5.32 Å². The van der Waals surface area contributed by atoms with Gasteiger partial charge in [0.15, 0.2) is 0 Å². The number of rotatable bonds is 2. The Balaban J connectivity index is 3.21. The van der Waals surface area contributed by atoms with Crippen molar-refractivity contribution >= 4 is 46.4 Å². The van der Waals surface area contributed by atoms with Gasteiger partial charge < -0.3 is 5.32 Å². The van der Waals surface area contributed by atoms with Gasteiger partial charge in [0.2, 0.25) is 17.8 Å². The van der Waals surface area contributed by atoms with Crippen LogP contribution in [0.15, 0.2) is 0 Å². The molecule has 0 aromatic carbocycles. The standard InChI is InChI=1S/C7H3Cl3F2N2O/c8-1-2(15)13-5-3(9)6(11)14-7(12)4(5)10/h1H2,(H,13,14,15). The van der Waals surface area contributed by atoms with Gasteiger partial charge in [0.25, 0.3) is 0 Å². The number of hydrogen-bond donors (Lipinski definition) is 1. The Hall–Kier alpha value is -0.650. The number of nitrogens with one attached hydrogen (secondary N) is 1. The van der Waals surface area contributed by atoms with Crippen LogP contribution in [0.3, 0.4) is 0 Å². The molecule has 82 valence electrons. The van der Waals surface area contributed by atoms with Crippen molar-refractivity contribution in [2.24, 2.45) is 0 Å².